The van der Waals surface area contributed by atoms with Crippen molar-refractivity contribution in [2.24, 2.45) is 5.18 Å². The second kappa shape index (κ2) is 5.85. The molecule has 4 nitrogen and oxygen atoms in total. The van der Waals surface area contributed by atoms with Crippen molar-refractivity contribution in [1.29, 1.82) is 0 Å². The molecule has 0 saturated carbocycles. The molecule has 0 spiro atoms. The standard InChI is InChI=1S/C16H17N3OS/c1-16(18-20)11-19(12-16)15-8-7-14(9-17-15)21-10-13-5-3-2-4-6-13/h2-9H,10-12H2,1H3. The van der Waals surface area contributed by atoms with E-state index in [9.17, 15) is 4.91 Å². The zero-order valence-corrected chi connectivity index (χ0v) is 12.7. The molecule has 2 heterocycles. The van der Waals surface area contributed by atoms with Crippen LogP contribution in [0.25, 0.3) is 0 Å². The van der Waals surface area contributed by atoms with E-state index in [0.29, 0.717) is 13.1 Å². The van der Waals surface area contributed by atoms with Gasteiger partial charge in [-0.15, -0.1) is 11.8 Å². The minimum atomic E-state index is -0.442. The Morgan fingerprint density at radius 1 is 1.24 bits per heavy atom. The molecule has 1 aromatic carbocycles. The molecule has 1 aliphatic heterocycles. The van der Waals surface area contributed by atoms with E-state index in [1.165, 1.54) is 5.56 Å². The van der Waals surface area contributed by atoms with Crippen molar-refractivity contribution in [2.45, 2.75) is 23.1 Å². The molecule has 5 heteroatoms. The van der Waals surface area contributed by atoms with Gasteiger partial charge in [-0.05, 0) is 24.6 Å². The molecule has 0 aliphatic carbocycles. The van der Waals surface area contributed by atoms with E-state index in [4.69, 9.17) is 0 Å². The van der Waals surface area contributed by atoms with E-state index in [2.05, 4.69) is 45.4 Å². The van der Waals surface area contributed by atoms with Crippen LogP contribution >= 0.6 is 11.8 Å². The van der Waals surface area contributed by atoms with Gasteiger partial charge in [0.15, 0.2) is 0 Å². The first-order chi connectivity index (χ1) is 10.2. The number of hydrogen-bond acceptors (Lipinski definition) is 5. The Kier molecular flexibility index (Phi) is 3.92. The third-order valence-electron chi connectivity index (χ3n) is 3.58. The SMILES string of the molecule is CC1(N=O)CN(c2ccc(SCc3ccccc3)cn2)C1. The van der Waals surface area contributed by atoms with Crippen LogP contribution in [0.4, 0.5) is 5.82 Å². The van der Waals surface area contributed by atoms with Crippen LogP contribution < -0.4 is 4.90 Å². The number of anilines is 1. The lowest BCUT2D eigenvalue weighted by molar-refractivity contribution is 0.363. The number of rotatable bonds is 5. The maximum atomic E-state index is 10.7. The van der Waals surface area contributed by atoms with Crippen LogP contribution in [-0.4, -0.2) is 23.6 Å². The van der Waals surface area contributed by atoms with Crippen molar-refractivity contribution in [3.05, 3.63) is 59.1 Å². The number of nitrogens with zero attached hydrogens (tertiary/aromatic N) is 3. The summed E-state index contributed by atoms with van der Waals surface area (Å²) < 4.78 is 0. The first-order valence-electron chi connectivity index (χ1n) is 6.91. The molecular weight excluding hydrogens is 282 g/mol. The lowest BCUT2D eigenvalue weighted by Gasteiger charge is -2.43. The molecule has 1 saturated heterocycles. The summed E-state index contributed by atoms with van der Waals surface area (Å²) in [6.45, 7) is 3.18. The van der Waals surface area contributed by atoms with Crippen LogP contribution in [0.5, 0.6) is 0 Å². The minimum absolute atomic E-state index is 0.442. The maximum absolute atomic E-state index is 10.7. The van der Waals surface area contributed by atoms with Gasteiger partial charge < -0.3 is 4.90 Å². The van der Waals surface area contributed by atoms with E-state index in [1.54, 1.807) is 11.8 Å². The Balaban J connectivity index is 1.56. The van der Waals surface area contributed by atoms with E-state index < -0.39 is 5.54 Å². The Morgan fingerprint density at radius 2 is 2.00 bits per heavy atom. The summed E-state index contributed by atoms with van der Waals surface area (Å²) in [6.07, 6.45) is 1.90. The largest absolute Gasteiger partial charge is 0.351 e. The van der Waals surface area contributed by atoms with Crippen LogP contribution in [0.2, 0.25) is 0 Å². The predicted molar refractivity (Wildman–Crippen MR) is 86.7 cm³/mol. The molecule has 0 atom stereocenters. The fourth-order valence-electron chi connectivity index (χ4n) is 2.38. The Labute approximate surface area is 128 Å². The second-order valence-electron chi connectivity index (χ2n) is 5.57. The molecule has 2 aromatic rings. The van der Waals surface area contributed by atoms with Gasteiger partial charge in [-0.1, -0.05) is 35.5 Å². The van der Waals surface area contributed by atoms with E-state index in [-0.39, 0.29) is 0 Å². The van der Waals surface area contributed by atoms with Crippen molar-refractivity contribution >= 4 is 17.6 Å². The normalized spacial score (nSPS) is 16.3. The molecule has 0 unspecified atom stereocenters. The summed E-state index contributed by atoms with van der Waals surface area (Å²) in [4.78, 5) is 18.4. The number of aromatic nitrogens is 1. The Morgan fingerprint density at radius 3 is 2.62 bits per heavy atom. The Bertz CT molecular complexity index is 609. The van der Waals surface area contributed by atoms with Crippen LogP contribution in [0, 0.1) is 4.91 Å². The first-order valence-corrected chi connectivity index (χ1v) is 7.89. The van der Waals surface area contributed by atoms with Crippen LogP contribution in [0.3, 0.4) is 0 Å². The van der Waals surface area contributed by atoms with Crippen LogP contribution in [-0.2, 0) is 5.75 Å². The quantitative estimate of drug-likeness (QED) is 0.623. The molecule has 108 valence electrons. The summed E-state index contributed by atoms with van der Waals surface area (Å²) in [7, 11) is 0. The number of pyridine rings is 1. The van der Waals surface area contributed by atoms with Gasteiger partial charge in [0.25, 0.3) is 0 Å². The summed E-state index contributed by atoms with van der Waals surface area (Å²) >= 11 is 1.77. The summed E-state index contributed by atoms with van der Waals surface area (Å²) in [5, 5.41) is 3.16. The second-order valence-corrected chi connectivity index (χ2v) is 6.62. The van der Waals surface area contributed by atoms with Crippen LogP contribution in [0.1, 0.15) is 12.5 Å². The van der Waals surface area contributed by atoms with Gasteiger partial charge in [0.1, 0.15) is 11.4 Å². The van der Waals surface area contributed by atoms with Crippen molar-refractivity contribution in [1.82, 2.24) is 4.98 Å². The lowest BCUT2D eigenvalue weighted by Crippen LogP contribution is -2.59. The topological polar surface area (TPSA) is 45.6 Å². The Hall–Kier alpha value is -1.88. The molecule has 0 N–H and O–H groups in total. The number of thioether (sulfide) groups is 1. The first kappa shape index (κ1) is 14.1. The van der Waals surface area contributed by atoms with E-state index in [1.807, 2.05) is 25.3 Å². The van der Waals surface area contributed by atoms with Crippen molar-refractivity contribution in [3.8, 4) is 0 Å². The summed E-state index contributed by atoms with van der Waals surface area (Å²) in [5.41, 5.74) is 0.865. The average Bonchev–Trinajstić information content (AvgIpc) is 2.51. The van der Waals surface area contributed by atoms with Gasteiger partial charge in [-0.25, -0.2) is 4.98 Å². The highest BCUT2D eigenvalue weighted by Gasteiger charge is 2.40. The van der Waals surface area contributed by atoms with Gasteiger partial charge in [0, 0.05) is 29.9 Å². The molecule has 0 amide bonds. The van der Waals surface area contributed by atoms with Gasteiger partial charge in [0.2, 0.25) is 0 Å². The molecule has 0 bridgehead atoms. The van der Waals surface area contributed by atoms with Gasteiger partial charge in [0.05, 0.1) is 0 Å². The summed E-state index contributed by atoms with van der Waals surface area (Å²) in [6, 6.07) is 14.5. The van der Waals surface area contributed by atoms with Gasteiger partial charge in [-0.3, -0.25) is 0 Å². The average molecular weight is 299 g/mol. The fraction of sp³-hybridized carbons (Fsp3) is 0.312. The molecule has 0 radical (unpaired) electrons. The van der Waals surface area contributed by atoms with Gasteiger partial charge in [-0.2, -0.15) is 4.91 Å². The molecular formula is C16H17N3OS. The summed E-state index contributed by atoms with van der Waals surface area (Å²) in [5.74, 6) is 1.86. The van der Waals surface area contributed by atoms with E-state index >= 15 is 0 Å². The fourth-order valence-corrected chi connectivity index (χ4v) is 3.20. The molecule has 1 aromatic heterocycles. The zero-order valence-electron chi connectivity index (χ0n) is 11.9. The minimum Gasteiger partial charge on any atom is -0.351 e. The van der Waals surface area contributed by atoms with Crippen molar-refractivity contribution < 1.29 is 0 Å². The van der Waals surface area contributed by atoms with Gasteiger partial charge >= 0.3 is 0 Å². The third-order valence-corrected chi connectivity index (χ3v) is 4.63. The highest BCUT2D eigenvalue weighted by molar-refractivity contribution is 7.98. The number of nitroso groups, excluding NO2 is 1. The van der Waals surface area contributed by atoms with Crippen LogP contribution in [0.15, 0.2) is 58.7 Å². The monoisotopic (exact) mass is 299 g/mol. The van der Waals surface area contributed by atoms with Crippen molar-refractivity contribution in [2.75, 3.05) is 18.0 Å². The number of hydrogen-bond donors (Lipinski definition) is 0. The molecule has 21 heavy (non-hydrogen) atoms. The lowest BCUT2D eigenvalue weighted by atomic mass is 9.94. The molecule has 1 aliphatic rings. The molecule has 3 rings (SSSR count). The van der Waals surface area contributed by atoms with Crippen molar-refractivity contribution in [3.63, 3.8) is 0 Å². The third kappa shape index (κ3) is 3.24. The van der Waals surface area contributed by atoms with E-state index in [0.717, 1.165) is 16.5 Å². The zero-order chi connectivity index (χ0) is 14.7. The molecule has 1 fully saturated rings. The predicted octanol–water partition coefficient (Wildman–Crippen LogP) is 3.72. The maximum Gasteiger partial charge on any atom is 0.135 e. The highest BCUT2D eigenvalue weighted by Crippen LogP contribution is 2.30. The highest BCUT2D eigenvalue weighted by atomic mass is 32.2. The number of benzene rings is 1. The smallest absolute Gasteiger partial charge is 0.135 e.